The van der Waals surface area contributed by atoms with Crippen molar-refractivity contribution in [3.63, 3.8) is 0 Å². The standard InChI is InChI=1S/C14H16FNO3.C10H10FN/c1-14(2,3)19-13(18)16-10(8-17)7-9-5-4-6-11(15)12(9)16;1-2-12-7-6-8-4-3-5-9(11)10(8)12/h4-7,17H,8H2,1-3H3;3-7H,2H2,1H3. The first-order valence-electron chi connectivity index (χ1n) is 10.0. The third kappa shape index (κ3) is 4.77. The molecule has 5 nitrogen and oxygen atoms in total. The van der Waals surface area contributed by atoms with Gasteiger partial charge < -0.3 is 14.4 Å². The number of hydrogen-bond donors (Lipinski definition) is 1. The first-order valence-corrected chi connectivity index (χ1v) is 10.0. The summed E-state index contributed by atoms with van der Waals surface area (Å²) in [6, 6.07) is 13.2. The number of fused-ring (bicyclic) bond motifs is 2. The lowest BCUT2D eigenvalue weighted by Gasteiger charge is -2.20. The summed E-state index contributed by atoms with van der Waals surface area (Å²) in [5.74, 6) is -0.664. The van der Waals surface area contributed by atoms with Crippen molar-refractivity contribution in [2.75, 3.05) is 0 Å². The molecular formula is C24H26F2N2O3. The van der Waals surface area contributed by atoms with Crippen LogP contribution < -0.4 is 0 Å². The Morgan fingerprint density at radius 1 is 1.00 bits per heavy atom. The summed E-state index contributed by atoms with van der Waals surface area (Å²) in [6.45, 7) is 7.63. The molecule has 0 aliphatic heterocycles. The van der Waals surface area contributed by atoms with E-state index in [0.717, 1.165) is 16.5 Å². The molecule has 0 spiro atoms. The zero-order chi connectivity index (χ0) is 22.8. The zero-order valence-corrected chi connectivity index (χ0v) is 18.0. The molecule has 0 aliphatic carbocycles. The second kappa shape index (κ2) is 8.89. The van der Waals surface area contributed by atoms with E-state index >= 15 is 0 Å². The fraction of sp³-hybridized carbons (Fsp3) is 0.292. The third-order valence-corrected chi connectivity index (χ3v) is 4.67. The minimum Gasteiger partial charge on any atom is -0.443 e. The largest absolute Gasteiger partial charge is 0.443 e. The monoisotopic (exact) mass is 428 g/mol. The summed E-state index contributed by atoms with van der Waals surface area (Å²) in [5, 5.41) is 10.8. The lowest BCUT2D eigenvalue weighted by molar-refractivity contribution is 0.0532. The van der Waals surface area contributed by atoms with Crippen LogP contribution in [0.2, 0.25) is 0 Å². The number of nitrogens with zero attached hydrogens (tertiary/aromatic N) is 2. The second-order valence-electron chi connectivity index (χ2n) is 8.07. The van der Waals surface area contributed by atoms with E-state index in [1.807, 2.05) is 29.8 Å². The molecular weight excluding hydrogens is 402 g/mol. The fourth-order valence-electron chi connectivity index (χ4n) is 3.38. The SMILES string of the molecule is CC(C)(C)OC(=O)n1c(CO)cc2cccc(F)c21.CCn1ccc2cccc(F)c21. The molecule has 2 aromatic carbocycles. The Hall–Kier alpha value is -3.19. The molecule has 4 rings (SSSR count). The minimum absolute atomic E-state index is 0.126. The summed E-state index contributed by atoms with van der Waals surface area (Å²) in [4.78, 5) is 12.1. The van der Waals surface area contributed by atoms with Crippen LogP contribution in [0.25, 0.3) is 21.8 Å². The number of hydrogen-bond acceptors (Lipinski definition) is 3. The average Bonchev–Trinajstić information content (AvgIpc) is 3.29. The Kier molecular flexibility index (Phi) is 6.45. The highest BCUT2D eigenvalue weighted by Crippen LogP contribution is 2.24. The van der Waals surface area contributed by atoms with Crippen LogP contribution in [-0.4, -0.2) is 25.9 Å². The van der Waals surface area contributed by atoms with Crippen LogP contribution in [-0.2, 0) is 17.9 Å². The van der Waals surface area contributed by atoms with Crippen LogP contribution in [0.15, 0.2) is 54.7 Å². The molecule has 2 aromatic heterocycles. The maximum Gasteiger partial charge on any atom is 0.419 e. The molecule has 0 aliphatic rings. The normalized spacial score (nSPS) is 11.5. The second-order valence-corrected chi connectivity index (χ2v) is 8.07. The molecule has 0 bridgehead atoms. The lowest BCUT2D eigenvalue weighted by atomic mass is 10.2. The predicted octanol–water partition coefficient (Wildman–Crippen LogP) is 5.86. The fourth-order valence-corrected chi connectivity index (χ4v) is 3.38. The van der Waals surface area contributed by atoms with Gasteiger partial charge in [-0.25, -0.2) is 18.1 Å². The van der Waals surface area contributed by atoms with Crippen molar-refractivity contribution in [3.05, 3.63) is 72.1 Å². The summed E-state index contributed by atoms with van der Waals surface area (Å²) in [6.07, 6.45) is 1.21. The summed E-state index contributed by atoms with van der Waals surface area (Å²) >= 11 is 0. The van der Waals surface area contributed by atoms with E-state index in [2.05, 4.69) is 0 Å². The molecule has 0 saturated carbocycles. The van der Waals surface area contributed by atoms with Gasteiger partial charge in [0, 0.05) is 23.5 Å². The van der Waals surface area contributed by atoms with Crippen molar-refractivity contribution in [3.8, 4) is 0 Å². The molecule has 0 fully saturated rings. The van der Waals surface area contributed by atoms with Gasteiger partial charge in [0.15, 0.2) is 0 Å². The highest BCUT2D eigenvalue weighted by Gasteiger charge is 2.23. The molecule has 0 unspecified atom stereocenters. The Morgan fingerprint density at radius 2 is 1.61 bits per heavy atom. The number of aliphatic hydroxyl groups excluding tert-OH is 1. The Morgan fingerprint density at radius 3 is 2.19 bits per heavy atom. The van der Waals surface area contributed by atoms with Gasteiger partial charge in [-0.2, -0.15) is 0 Å². The molecule has 31 heavy (non-hydrogen) atoms. The number of aryl methyl sites for hydroxylation is 1. The van der Waals surface area contributed by atoms with E-state index in [0.29, 0.717) is 16.6 Å². The summed E-state index contributed by atoms with van der Waals surface area (Å²) in [5.41, 5.74) is 0.446. The molecule has 0 radical (unpaired) electrons. The number of aliphatic hydroxyl groups is 1. The highest BCUT2D eigenvalue weighted by molar-refractivity contribution is 5.91. The average molecular weight is 428 g/mol. The molecule has 2 heterocycles. The van der Waals surface area contributed by atoms with Gasteiger partial charge in [0.05, 0.1) is 23.3 Å². The van der Waals surface area contributed by atoms with Crippen LogP contribution in [0, 0.1) is 11.6 Å². The lowest BCUT2D eigenvalue weighted by Crippen LogP contribution is -2.28. The molecule has 164 valence electrons. The maximum atomic E-state index is 13.9. The van der Waals surface area contributed by atoms with Crippen LogP contribution in [0.1, 0.15) is 33.4 Å². The Labute approximate surface area is 179 Å². The van der Waals surface area contributed by atoms with Crippen LogP contribution in [0.4, 0.5) is 13.6 Å². The van der Waals surface area contributed by atoms with E-state index in [9.17, 15) is 18.7 Å². The van der Waals surface area contributed by atoms with Crippen molar-refractivity contribution < 1.29 is 23.4 Å². The van der Waals surface area contributed by atoms with E-state index < -0.39 is 17.5 Å². The van der Waals surface area contributed by atoms with Gasteiger partial charge in [0.2, 0.25) is 0 Å². The van der Waals surface area contributed by atoms with Crippen molar-refractivity contribution in [1.29, 1.82) is 0 Å². The van der Waals surface area contributed by atoms with Crippen molar-refractivity contribution in [2.24, 2.45) is 0 Å². The van der Waals surface area contributed by atoms with Gasteiger partial charge in [-0.15, -0.1) is 0 Å². The number of rotatable bonds is 2. The van der Waals surface area contributed by atoms with E-state index in [1.54, 1.807) is 45.0 Å². The van der Waals surface area contributed by atoms with Gasteiger partial charge in [-0.05, 0) is 52.0 Å². The van der Waals surface area contributed by atoms with Gasteiger partial charge in [0.1, 0.15) is 17.2 Å². The van der Waals surface area contributed by atoms with Gasteiger partial charge in [-0.3, -0.25) is 0 Å². The number of carbonyl (C=O) groups excluding carboxylic acids is 1. The van der Waals surface area contributed by atoms with Crippen molar-refractivity contribution in [2.45, 2.75) is 46.4 Å². The van der Waals surface area contributed by atoms with Crippen molar-refractivity contribution in [1.82, 2.24) is 9.13 Å². The number of aromatic nitrogens is 2. The van der Waals surface area contributed by atoms with E-state index in [1.165, 1.54) is 12.1 Å². The summed E-state index contributed by atoms with van der Waals surface area (Å²) < 4.78 is 35.3. The molecule has 4 aromatic rings. The number of benzene rings is 2. The number of halogens is 2. The molecule has 0 saturated heterocycles. The smallest absolute Gasteiger partial charge is 0.419 e. The highest BCUT2D eigenvalue weighted by atomic mass is 19.1. The Balaban J connectivity index is 0.000000194. The minimum atomic E-state index is -0.698. The van der Waals surface area contributed by atoms with Gasteiger partial charge in [-0.1, -0.05) is 24.3 Å². The maximum absolute atomic E-state index is 13.9. The molecule has 1 N–H and O–H groups in total. The van der Waals surface area contributed by atoms with Crippen molar-refractivity contribution >= 4 is 27.9 Å². The molecule has 7 heteroatoms. The quantitative estimate of drug-likeness (QED) is 0.435. The van der Waals surface area contributed by atoms with E-state index in [4.69, 9.17) is 4.74 Å². The number of para-hydroxylation sites is 2. The third-order valence-electron chi connectivity index (χ3n) is 4.67. The predicted molar refractivity (Wildman–Crippen MR) is 117 cm³/mol. The number of ether oxygens (including phenoxy) is 1. The molecule has 0 amide bonds. The first kappa shape index (κ1) is 22.5. The Bertz CT molecular complexity index is 1220. The van der Waals surface area contributed by atoms with Gasteiger partial charge >= 0.3 is 6.09 Å². The first-order chi connectivity index (χ1) is 14.7. The zero-order valence-electron chi connectivity index (χ0n) is 18.0. The molecule has 0 atom stereocenters. The van der Waals surface area contributed by atoms with Crippen LogP contribution in [0.3, 0.4) is 0 Å². The van der Waals surface area contributed by atoms with E-state index in [-0.39, 0.29) is 17.9 Å². The summed E-state index contributed by atoms with van der Waals surface area (Å²) in [7, 11) is 0. The van der Waals surface area contributed by atoms with Gasteiger partial charge in [0.25, 0.3) is 0 Å². The topological polar surface area (TPSA) is 56.4 Å². The number of carbonyl (C=O) groups is 1. The van der Waals surface area contributed by atoms with Crippen LogP contribution >= 0.6 is 0 Å². The van der Waals surface area contributed by atoms with Crippen LogP contribution in [0.5, 0.6) is 0 Å².